The smallest absolute Gasteiger partial charge is 0.0922 e. The van der Waals surface area contributed by atoms with E-state index in [9.17, 15) is 0 Å². The van der Waals surface area contributed by atoms with Crippen LogP contribution in [0.4, 0.5) is 0 Å². The summed E-state index contributed by atoms with van der Waals surface area (Å²) in [5, 5.41) is 3.60. The first-order valence-electron chi connectivity index (χ1n) is 6.62. The molecule has 0 bridgehead atoms. The van der Waals surface area contributed by atoms with E-state index >= 15 is 0 Å². The normalized spacial score (nSPS) is 23.8. The molecule has 1 saturated heterocycles. The molecule has 0 spiro atoms. The van der Waals surface area contributed by atoms with Gasteiger partial charge in [0.15, 0.2) is 0 Å². The van der Waals surface area contributed by atoms with E-state index in [-0.39, 0.29) is 5.60 Å². The average Bonchev–Trinajstić information content (AvgIpc) is 2.90. The predicted molar refractivity (Wildman–Crippen MR) is 67.7 cm³/mol. The molecule has 0 aliphatic carbocycles. The molecule has 4 heteroatoms. The van der Waals surface area contributed by atoms with Crippen molar-refractivity contribution in [1.82, 2.24) is 15.3 Å². The first-order chi connectivity index (χ1) is 8.28. The number of ether oxygens (including phenoxy) is 1. The summed E-state index contributed by atoms with van der Waals surface area (Å²) in [5.74, 6) is 0. The Hall–Kier alpha value is -0.870. The molecule has 0 aromatic carbocycles. The lowest BCUT2D eigenvalue weighted by Gasteiger charge is -2.40. The quantitative estimate of drug-likeness (QED) is 0.825. The van der Waals surface area contributed by atoms with E-state index in [1.165, 1.54) is 0 Å². The number of nitrogens with one attached hydrogen (secondary N) is 2. The fourth-order valence-electron chi connectivity index (χ4n) is 2.58. The molecule has 0 saturated carbocycles. The van der Waals surface area contributed by atoms with E-state index < -0.39 is 0 Å². The van der Waals surface area contributed by atoms with Crippen LogP contribution in [0.3, 0.4) is 0 Å². The van der Waals surface area contributed by atoms with Gasteiger partial charge in [-0.15, -0.1) is 0 Å². The summed E-state index contributed by atoms with van der Waals surface area (Å²) in [6.45, 7) is 6.19. The third-order valence-corrected chi connectivity index (χ3v) is 3.92. The van der Waals surface area contributed by atoms with Crippen molar-refractivity contribution in [3.8, 4) is 0 Å². The van der Waals surface area contributed by atoms with Crippen LogP contribution in [0.1, 0.15) is 45.2 Å². The van der Waals surface area contributed by atoms with Crippen LogP contribution in [0.15, 0.2) is 12.5 Å². The van der Waals surface area contributed by atoms with E-state index in [1.54, 1.807) is 6.33 Å². The number of imidazole rings is 1. The van der Waals surface area contributed by atoms with Gasteiger partial charge in [0, 0.05) is 31.1 Å². The number of aromatic amines is 1. The zero-order valence-corrected chi connectivity index (χ0v) is 10.8. The largest absolute Gasteiger partial charge is 0.375 e. The van der Waals surface area contributed by atoms with Gasteiger partial charge in [0.05, 0.1) is 11.9 Å². The van der Waals surface area contributed by atoms with Gasteiger partial charge in [-0.3, -0.25) is 0 Å². The van der Waals surface area contributed by atoms with E-state index in [4.69, 9.17) is 4.74 Å². The average molecular weight is 237 g/mol. The van der Waals surface area contributed by atoms with Gasteiger partial charge in [0.1, 0.15) is 0 Å². The molecule has 2 heterocycles. The fraction of sp³-hybridized carbons (Fsp3) is 0.769. The molecule has 1 aromatic rings. The Labute approximate surface area is 103 Å². The van der Waals surface area contributed by atoms with Gasteiger partial charge in [0.25, 0.3) is 0 Å². The van der Waals surface area contributed by atoms with Gasteiger partial charge >= 0.3 is 0 Å². The van der Waals surface area contributed by atoms with Crippen molar-refractivity contribution >= 4 is 0 Å². The molecule has 1 aromatic heterocycles. The van der Waals surface area contributed by atoms with E-state index in [1.807, 2.05) is 6.20 Å². The number of rotatable bonds is 5. The van der Waals surface area contributed by atoms with Crippen molar-refractivity contribution in [2.75, 3.05) is 6.61 Å². The third kappa shape index (κ3) is 3.07. The van der Waals surface area contributed by atoms with Crippen LogP contribution in [-0.2, 0) is 11.3 Å². The number of nitrogens with zero attached hydrogens (tertiary/aromatic N) is 1. The van der Waals surface area contributed by atoms with Crippen LogP contribution in [0, 0.1) is 0 Å². The monoisotopic (exact) mass is 237 g/mol. The molecule has 2 rings (SSSR count). The maximum absolute atomic E-state index is 5.97. The maximum atomic E-state index is 5.97. The topological polar surface area (TPSA) is 49.9 Å². The van der Waals surface area contributed by atoms with Gasteiger partial charge in [-0.1, -0.05) is 13.8 Å². The van der Waals surface area contributed by atoms with Gasteiger partial charge < -0.3 is 15.0 Å². The van der Waals surface area contributed by atoms with Gasteiger partial charge in [0.2, 0.25) is 0 Å². The first-order valence-corrected chi connectivity index (χ1v) is 6.62. The number of hydrogen-bond donors (Lipinski definition) is 2. The van der Waals surface area contributed by atoms with E-state index in [0.717, 1.165) is 44.5 Å². The maximum Gasteiger partial charge on any atom is 0.0922 e. The highest BCUT2D eigenvalue weighted by atomic mass is 16.5. The molecular weight excluding hydrogens is 214 g/mol. The fourth-order valence-corrected chi connectivity index (χ4v) is 2.58. The van der Waals surface area contributed by atoms with Gasteiger partial charge in [-0.2, -0.15) is 0 Å². The molecule has 1 aliphatic heterocycles. The van der Waals surface area contributed by atoms with Crippen LogP contribution in [0.2, 0.25) is 0 Å². The summed E-state index contributed by atoms with van der Waals surface area (Å²) in [5.41, 5.74) is 1.25. The summed E-state index contributed by atoms with van der Waals surface area (Å²) in [6.07, 6.45) is 8.03. The molecule has 96 valence electrons. The first kappa shape index (κ1) is 12.6. The second-order valence-corrected chi connectivity index (χ2v) is 4.89. The highest BCUT2D eigenvalue weighted by Gasteiger charge is 2.34. The minimum atomic E-state index is 0.101. The lowest BCUT2D eigenvalue weighted by Crippen LogP contribution is -2.46. The third-order valence-electron chi connectivity index (χ3n) is 3.92. The summed E-state index contributed by atoms with van der Waals surface area (Å²) in [4.78, 5) is 7.15. The van der Waals surface area contributed by atoms with Crippen LogP contribution >= 0.6 is 0 Å². The second-order valence-electron chi connectivity index (χ2n) is 4.89. The van der Waals surface area contributed by atoms with Crippen LogP contribution in [0.5, 0.6) is 0 Å². The Bertz CT molecular complexity index is 319. The molecule has 4 nitrogen and oxygen atoms in total. The van der Waals surface area contributed by atoms with E-state index in [2.05, 4.69) is 29.1 Å². The lowest BCUT2D eigenvalue weighted by atomic mass is 9.86. The predicted octanol–water partition coefficient (Wildman–Crippen LogP) is 2.24. The SMILES string of the molecule is CCC1(CC)CC(NCc2cnc[nH]2)CCO1. The van der Waals surface area contributed by atoms with Crippen molar-refractivity contribution in [3.63, 3.8) is 0 Å². The molecule has 17 heavy (non-hydrogen) atoms. The standard InChI is InChI=1S/C13H23N3O/c1-3-13(4-2)7-11(5-6-17-13)15-9-12-8-14-10-16-12/h8,10-11,15H,3-7,9H2,1-2H3,(H,14,16). The lowest BCUT2D eigenvalue weighted by molar-refractivity contribution is -0.0932. The minimum Gasteiger partial charge on any atom is -0.375 e. The minimum absolute atomic E-state index is 0.101. The van der Waals surface area contributed by atoms with Gasteiger partial charge in [-0.25, -0.2) is 4.98 Å². The number of H-pyrrole nitrogens is 1. The van der Waals surface area contributed by atoms with Crippen molar-refractivity contribution in [2.45, 2.75) is 57.7 Å². The Morgan fingerprint density at radius 3 is 3.00 bits per heavy atom. The summed E-state index contributed by atoms with van der Waals surface area (Å²) in [7, 11) is 0. The van der Waals surface area contributed by atoms with Crippen LogP contribution in [-0.4, -0.2) is 28.2 Å². The Kier molecular flexibility index (Phi) is 4.18. The van der Waals surface area contributed by atoms with Crippen LogP contribution < -0.4 is 5.32 Å². The highest BCUT2D eigenvalue weighted by Crippen LogP contribution is 2.31. The molecule has 1 atom stereocenters. The zero-order valence-electron chi connectivity index (χ0n) is 10.8. The molecule has 1 unspecified atom stereocenters. The van der Waals surface area contributed by atoms with Crippen molar-refractivity contribution < 1.29 is 4.74 Å². The molecular formula is C13H23N3O. The Morgan fingerprint density at radius 2 is 2.35 bits per heavy atom. The summed E-state index contributed by atoms with van der Waals surface area (Å²) >= 11 is 0. The molecule has 1 fully saturated rings. The molecule has 2 N–H and O–H groups in total. The second kappa shape index (κ2) is 5.65. The van der Waals surface area contributed by atoms with Crippen molar-refractivity contribution in [1.29, 1.82) is 0 Å². The number of hydrogen-bond acceptors (Lipinski definition) is 3. The Morgan fingerprint density at radius 1 is 1.53 bits per heavy atom. The molecule has 0 amide bonds. The highest BCUT2D eigenvalue weighted by molar-refractivity contribution is 4.95. The summed E-state index contributed by atoms with van der Waals surface area (Å²) in [6, 6.07) is 0.562. The van der Waals surface area contributed by atoms with Crippen LogP contribution in [0.25, 0.3) is 0 Å². The molecule has 1 aliphatic rings. The van der Waals surface area contributed by atoms with Crippen molar-refractivity contribution in [3.05, 3.63) is 18.2 Å². The Balaban J connectivity index is 1.85. The molecule has 0 radical (unpaired) electrons. The number of aromatic nitrogens is 2. The zero-order chi connectivity index (χ0) is 12.1. The summed E-state index contributed by atoms with van der Waals surface area (Å²) < 4.78 is 5.97. The van der Waals surface area contributed by atoms with E-state index in [0.29, 0.717) is 6.04 Å². The van der Waals surface area contributed by atoms with Crippen molar-refractivity contribution in [2.24, 2.45) is 0 Å². The van der Waals surface area contributed by atoms with Gasteiger partial charge in [-0.05, 0) is 25.7 Å².